The maximum atomic E-state index is 12.0. The van der Waals surface area contributed by atoms with Crippen LogP contribution in [0.15, 0.2) is 0 Å². The predicted octanol–water partition coefficient (Wildman–Crippen LogP) is 2.27. The third kappa shape index (κ3) is 4.57. The Morgan fingerprint density at radius 2 is 1.79 bits per heavy atom. The van der Waals surface area contributed by atoms with E-state index in [4.69, 9.17) is 0 Å². The van der Waals surface area contributed by atoms with Gasteiger partial charge in [-0.25, -0.2) is 0 Å². The minimum absolute atomic E-state index is 0.320. The van der Waals surface area contributed by atoms with Gasteiger partial charge < -0.3 is 9.80 Å². The highest BCUT2D eigenvalue weighted by Crippen LogP contribution is 2.26. The van der Waals surface area contributed by atoms with E-state index in [1.807, 2.05) is 0 Å². The number of hydrogen-bond donors (Lipinski definition) is 0. The highest BCUT2D eigenvalue weighted by atomic mass is 16.1. The molecule has 0 bridgehead atoms. The molecule has 2 unspecified atom stereocenters. The second kappa shape index (κ2) is 6.85. The van der Waals surface area contributed by atoms with Crippen molar-refractivity contribution in [1.29, 1.82) is 0 Å². The van der Waals surface area contributed by atoms with Gasteiger partial charge in [-0.3, -0.25) is 4.79 Å². The molecule has 1 saturated carbocycles. The van der Waals surface area contributed by atoms with Crippen LogP contribution in [0.2, 0.25) is 0 Å². The van der Waals surface area contributed by atoms with Gasteiger partial charge in [0.2, 0.25) is 0 Å². The Labute approximate surface area is 118 Å². The van der Waals surface area contributed by atoms with Gasteiger partial charge in [-0.2, -0.15) is 0 Å². The van der Waals surface area contributed by atoms with E-state index in [2.05, 4.69) is 30.6 Å². The number of hydrogen-bond acceptors (Lipinski definition) is 3. The summed E-state index contributed by atoms with van der Waals surface area (Å²) in [4.78, 5) is 17.1. The lowest BCUT2D eigenvalue weighted by atomic mass is 9.81. The zero-order valence-electron chi connectivity index (χ0n) is 12.9. The van der Waals surface area contributed by atoms with Crippen LogP contribution in [0.3, 0.4) is 0 Å². The lowest BCUT2D eigenvalue weighted by Gasteiger charge is -2.38. The van der Waals surface area contributed by atoms with Crippen molar-refractivity contribution in [3.05, 3.63) is 0 Å². The monoisotopic (exact) mass is 266 g/mol. The topological polar surface area (TPSA) is 23.6 Å². The first-order valence-electron chi connectivity index (χ1n) is 8.02. The fourth-order valence-corrected chi connectivity index (χ4v) is 3.49. The van der Waals surface area contributed by atoms with E-state index in [1.165, 1.54) is 19.6 Å². The Morgan fingerprint density at radius 3 is 2.42 bits per heavy atom. The smallest absolute Gasteiger partial charge is 0.137 e. The van der Waals surface area contributed by atoms with Crippen LogP contribution in [0.5, 0.6) is 0 Å². The maximum absolute atomic E-state index is 12.0. The van der Waals surface area contributed by atoms with Crippen LogP contribution in [0, 0.1) is 17.8 Å². The molecule has 2 atom stereocenters. The standard InChI is InChI=1S/C16H30N2O/c1-13(2)11-17-6-8-18(9-7-17)12-15-10-14(3)4-5-16(15)19/h13-15H,4-12H2,1-3H3. The Bertz CT molecular complexity index is 295. The normalized spacial score (nSPS) is 31.1. The molecule has 0 N–H and O–H groups in total. The molecule has 0 amide bonds. The minimum atomic E-state index is 0.320. The second-order valence-corrected chi connectivity index (χ2v) is 7.04. The van der Waals surface area contributed by atoms with Crippen LogP contribution >= 0.6 is 0 Å². The maximum Gasteiger partial charge on any atom is 0.137 e. The van der Waals surface area contributed by atoms with E-state index in [9.17, 15) is 4.79 Å². The van der Waals surface area contributed by atoms with Gasteiger partial charge in [0, 0.05) is 51.6 Å². The third-order valence-electron chi connectivity index (χ3n) is 4.59. The van der Waals surface area contributed by atoms with Gasteiger partial charge in [-0.05, 0) is 24.7 Å². The zero-order valence-corrected chi connectivity index (χ0v) is 12.9. The van der Waals surface area contributed by atoms with Gasteiger partial charge in [-0.1, -0.05) is 20.8 Å². The molecule has 1 aliphatic heterocycles. The number of carbonyl (C=O) groups excluding carboxylic acids is 1. The van der Waals surface area contributed by atoms with Gasteiger partial charge in [0.05, 0.1) is 0 Å². The first-order chi connectivity index (χ1) is 9.04. The van der Waals surface area contributed by atoms with Crippen LogP contribution < -0.4 is 0 Å². The first-order valence-corrected chi connectivity index (χ1v) is 8.02. The van der Waals surface area contributed by atoms with Crippen molar-refractivity contribution in [2.75, 3.05) is 39.3 Å². The molecule has 0 aromatic rings. The van der Waals surface area contributed by atoms with Crippen LogP contribution in [0.4, 0.5) is 0 Å². The summed E-state index contributed by atoms with van der Waals surface area (Å²) in [6.45, 7) is 13.7. The van der Waals surface area contributed by atoms with Crippen molar-refractivity contribution in [3.63, 3.8) is 0 Å². The van der Waals surface area contributed by atoms with E-state index in [0.717, 1.165) is 50.7 Å². The van der Waals surface area contributed by atoms with Crippen molar-refractivity contribution in [3.8, 4) is 0 Å². The summed E-state index contributed by atoms with van der Waals surface area (Å²) in [5.41, 5.74) is 0. The minimum Gasteiger partial charge on any atom is -0.301 e. The van der Waals surface area contributed by atoms with Crippen LogP contribution in [0.25, 0.3) is 0 Å². The third-order valence-corrected chi connectivity index (χ3v) is 4.59. The molecule has 3 nitrogen and oxygen atoms in total. The Kier molecular flexibility index (Phi) is 5.40. The molecule has 0 radical (unpaired) electrons. The molecule has 0 aromatic carbocycles. The Hall–Kier alpha value is -0.410. The average Bonchev–Trinajstić information content (AvgIpc) is 2.35. The van der Waals surface area contributed by atoms with Crippen molar-refractivity contribution < 1.29 is 4.79 Å². The fourth-order valence-electron chi connectivity index (χ4n) is 3.49. The summed E-state index contributed by atoms with van der Waals surface area (Å²) in [6, 6.07) is 0. The highest BCUT2D eigenvalue weighted by Gasteiger charge is 2.29. The van der Waals surface area contributed by atoms with E-state index in [0.29, 0.717) is 11.7 Å². The van der Waals surface area contributed by atoms with Crippen molar-refractivity contribution in [2.24, 2.45) is 17.8 Å². The van der Waals surface area contributed by atoms with E-state index >= 15 is 0 Å². The number of ketones is 1. The number of Topliss-reactive ketones (excluding diaryl/α,β-unsaturated/α-hetero) is 1. The van der Waals surface area contributed by atoms with Gasteiger partial charge >= 0.3 is 0 Å². The summed E-state index contributed by atoms with van der Waals surface area (Å²) in [7, 11) is 0. The molecule has 2 aliphatic rings. The molecule has 2 rings (SSSR count). The van der Waals surface area contributed by atoms with Crippen LogP contribution in [0.1, 0.15) is 40.0 Å². The van der Waals surface area contributed by atoms with Crippen LogP contribution in [-0.2, 0) is 4.79 Å². The molecule has 0 spiro atoms. The lowest BCUT2D eigenvalue weighted by Crippen LogP contribution is -2.49. The molecular weight excluding hydrogens is 236 g/mol. The largest absolute Gasteiger partial charge is 0.301 e. The SMILES string of the molecule is CC(C)CN1CCN(CC2CC(C)CCC2=O)CC1. The summed E-state index contributed by atoms with van der Waals surface area (Å²) in [5, 5.41) is 0. The second-order valence-electron chi connectivity index (χ2n) is 7.04. The van der Waals surface area contributed by atoms with Crippen molar-refractivity contribution >= 4 is 5.78 Å². The van der Waals surface area contributed by atoms with Gasteiger partial charge in [0.1, 0.15) is 5.78 Å². The Morgan fingerprint density at radius 1 is 1.16 bits per heavy atom. The van der Waals surface area contributed by atoms with E-state index < -0.39 is 0 Å². The molecule has 2 fully saturated rings. The number of nitrogens with zero attached hydrogens (tertiary/aromatic N) is 2. The summed E-state index contributed by atoms with van der Waals surface area (Å²) < 4.78 is 0. The number of piperazine rings is 1. The fraction of sp³-hybridized carbons (Fsp3) is 0.938. The first kappa shape index (κ1) is 15.0. The molecule has 0 aromatic heterocycles. The summed E-state index contributed by atoms with van der Waals surface area (Å²) >= 11 is 0. The van der Waals surface area contributed by atoms with Crippen LogP contribution in [-0.4, -0.2) is 54.9 Å². The summed E-state index contributed by atoms with van der Waals surface area (Å²) in [5.74, 6) is 2.33. The molecule has 1 saturated heterocycles. The molecule has 1 heterocycles. The zero-order chi connectivity index (χ0) is 13.8. The molecule has 1 aliphatic carbocycles. The molecule has 110 valence electrons. The average molecular weight is 266 g/mol. The lowest BCUT2D eigenvalue weighted by molar-refractivity contribution is -0.126. The Balaban J connectivity index is 1.74. The molecular formula is C16H30N2O. The van der Waals surface area contributed by atoms with Gasteiger partial charge in [-0.15, -0.1) is 0 Å². The summed E-state index contributed by atoms with van der Waals surface area (Å²) in [6.07, 6.45) is 3.04. The van der Waals surface area contributed by atoms with E-state index in [-0.39, 0.29) is 0 Å². The molecule has 3 heteroatoms. The van der Waals surface area contributed by atoms with Gasteiger partial charge in [0.25, 0.3) is 0 Å². The van der Waals surface area contributed by atoms with Crippen molar-refractivity contribution in [1.82, 2.24) is 9.80 Å². The highest BCUT2D eigenvalue weighted by molar-refractivity contribution is 5.81. The quantitative estimate of drug-likeness (QED) is 0.780. The van der Waals surface area contributed by atoms with Crippen molar-refractivity contribution in [2.45, 2.75) is 40.0 Å². The number of rotatable bonds is 4. The van der Waals surface area contributed by atoms with E-state index in [1.54, 1.807) is 0 Å². The molecule has 19 heavy (non-hydrogen) atoms. The van der Waals surface area contributed by atoms with Gasteiger partial charge in [0.15, 0.2) is 0 Å². The predicted molar refractivity (Wildman–Crippen MR) is 79.2 cm³/mol. The number of carbonyl (C=O) groups is 1.